The van der Waals surface area contributed by atoms with E-state index < -0.39 is 0 Å². The molecular formula is C15H11BrN2OS. The van der Waals surface area contributed by atoms with Gasteiger partial charge in [0.25, 0.3) is 5.56 Å². The molecule has 0 aliphatic rings. The van der Waals surface area contributed by atoms with Gasteiger partial charge in [-0.1, -0.05) is 30.3 Å². The van der Waals surface area contributed by atoms with Gasteiger partial charge in [-0.25, -0.2) is 4.98 Å². The highest BCUT2D eigenvalue weighted by Gasteiger charge is 2.11. The maximum absolute atomic E-state index is 12.1. The highest BCUT2D eigenvalue weighted by atomic mass is 79.9. The molecule has 3 aromatic rings. The molecule has 0 aliphatic carbocycles. The van der Waals surface area contributed by atoms with Gasteiger partial charge in [0.05, 0.1) is 10.6 Å². The van der Waals surface area contributed by atoms with E-state index >= 15 is 0 Å². The lowest BCUT2D eigenvalue weighted by atomic mass is 10.1. The van der Waals surface area contributed by atoms with Gasteiger partial charge in [0.2, 0.25) is 0 Å². The number of nitrogens with one attached hydrogen (secondary N) is 1. The summed E-state index contributed by atoms with van der Waals surface area (Å²) in [7, 11) is 0. The van der Waals surface area contributed by atoms with Crippen molar-refractivity contribution in [3.8, 4) is 22.0 Å². The summed E-state index contributed by atoms with van der Waals surface area (Å²) in [4.78, 5) is 20.5. The topological polar surface area (TPSA) is 45.8 Å². The maximum Gasteiger partial charge on any atom is 0.254 e. The number of hydrogen-bond donors (Lipinski definition) is 1. The SMILES string of the molecule is Cc1c(-c2ccccc2)nc(-c2cc(Br)cs2)[nH]c1=O. The van der Waals surface area contributed by atoms with Crippen LogP contribution in [0.3, 0.4) is 0 Å². The highest BCUT2D eigenvalue weighted by Crippen LogP contribution is 2.28. The van der Waals surface area contributed by atoms with Crippen molar-refractivity contribution >= 4 is 27.3 Å². The molecule has 3 rings (SSSR count). The Labute approximate surface area is 128 Å². The van der Waals surface area contributed by atoms with Crippen molar-refractivity contribution in [3.05, 3.63) is 62.2 Å². The smallest absolute Gasteiger partial charge is 0.254 e. The summed E-state index contributed by atoms with van der Waals surface area (Å²) in [6.07, 6.45) is 0. The van der Waals surface area contributed by atoms with E-state index in [1.165, 1.54) is 0 Å². The fourth-order valence-corrected chi connectivity index (χ4v) is 3.34. The van der Waals surface area contributed by atoms with Crippen LogP contribution in [0, 0.1) is 6.92 Å². The highest BCUT2D eigenvalue weighted by molar-refractivity contribution is 9.10. The molecule has 1 aromatic carbocycles. The largest absolute Gasteiger partial charge is 0.306 e. The second-order valence-electron chi connectivity index (χ2n) is 4.38. The number of benzene rings is 1. The van der Waals surface area contributed by atoms with Crippen LogP contribution in [0.4, 0.5) is 0 Å². The van der Waals surface area contributed by atoms with Crippen LogP contribution in [0.25, 0.3) is 22.0 Å². The molecule has 0 aliphatic heterocycles. The Hall–Kier alpha value is -1.72. The molecule has 3 nitrogen and oxygen atoms in total. The zero-order chi connectivity index (χ0) is 14.1. The molecule has 2 aromatic heterocycles. The molecule has 0 spiro atoms. The minimum Gasteiger partial charge on any atom is -0.306 e. The quantitative estimate of drug-likeness (QED) is 0.754. The number of halogens is 1. The lowest BCUT2D eigenvalue weighted by molar-refractivity contribution is 1.10. The molecule has 0 radical (unpaired) electrons. The van der Waals surface area contributed by atoms with E-state index in [1.54, 1.807) is 18.3 Å². The van der Waals surface area contributed by atoms with Gasteiger partial charge >= 0.3 is 0 Å². The van der Waals surface area contributed by atoms with E-state index in [-0.39, 0.29) is 5.56 Å². The first kappa shape index (κ1) is 13.3. The van der Waals surface area contributed by atoms with Crippen molar-refractivity contribution in [1.29, 1.82) is 0 Å². The molecule has 0 fully saturated rings. The Bertz CT molecular complexity index is 808. The van der Waals surface area contributed by atoms with Crippen LogP contribution in [0.2, 0.25) is 0 Å². The number of H-pyrrole nitrogens is 1. The van der Waals surface area contributed by atoms with Crippen molar-refractivity contribution in [2.45, 2.75) is 6.92 Å². The standard InChI is InChI=1S/C15H11BrN2OS/c1-9-13(10-5-3-2-4-6-10)17-14(18-15(9)19)12-7-11(16)8-20-12/h2-8H,1H3,(H,17,18,19). The molecule has 2 heterocycles. The number of rotatable bonds is 2. The molecule has 0 atom stereocenters. The number of aromatic amines is 1. The Balaban J connectivity index is 2.21. The van der Waals surface area contributed by atoms with Crippen LogP contribution < -0.4 is 5.56 Å². The second kappa shape index (κ2) is 5.34. The summed E-state index contributed by atoms with van der Waals surface area (Å²) in [5.74, 6) is 0.607. The monoisotopic (exact) mass is 346 g/mol. The molecule has 0 amide bonds. The summed E-state index contributed by atoms with van der Waals surface area (Å²) in [5, 5.41) is 1.97. The van der Waals surface area contributed by atoms with Crippen molar-refractivity contribution in [2.24, 2.45) is 0 Å². The van der Waals surface area contributed by atoms with Gasteiger partial charge in [0.15, 0.2) is 5.82 Å². The minimum absolute atomic E-state index is 0.0987. The molecule has 100 valence electrons. The number of nitrogens with zero attached hydrogens (tertiary/aromatic N) is 1. The fourth-order valence-electron chi connectivity index (χ4n) is 1.96. The fraction of sp³-hybridized carbons (Fsp3) is 0.0667. The van der Waals surface area contributed by atoms with E-state index in [4.69, 9.17) is 0 Å². The summed E-state index contributed by atoms with van der Waals surface area (Å²) in [6.45, 7) is 1.79. The average Bonchev–Trinajstić information content (AvgIpc) is 2.89. The van der Waals surface area contributed by atoms with Gasteiger partial charge in [-0.2, -0.15) is 0 Å². The van der Waals surface area contributed by atoms with Gasteiger partial charge in [-0.05, 0) is 28.9 Å². The van der Waals surface area contributed by atoms with Gasteiger partial charge in [0.1, 0.15) is 0 Å². The lowest BCUT2D eigenvalue weighted by Crippen LogP contribution is -2.13. The first-order chi connectivity index (χ1) is 9.65. The maximum atomic E-state index is 12.1. The van der Waals surface area contributed by atoms with Crippen molar-refractivity contribution < 1.29 is 0 Å². The second-order valence-corrected chi connectivity index (χ2v) is 6.21. The minimum atomic E-state index is -0.0987. The third kappa shape index (κ3) is 2.46. The van der Waals surface area contributed by atoms with E-state index in [0.717, 1.165) is 20.6 Å². The lowest BCUT2D eigenvalue weighted by Gasteiger charge is -2.06. The van der Waals surface area contributed by atoms with Crippen LogP contribution in [-0.4, -0.2) is 9.97 Å². The Morgan fingerprint density at radius 3 is 2.65 bits per heavy atom. The first-order valence-corrected chi connectivity index (χ1v) is 7.73. The van der Waals surface area contributed by atoms with E-state index in [9.17, 15) is 4.79 Å². The average molecular weight is 347 g/mol. The van der Waals surface area contributed by atoms with Gasteiger partial charge in [-0.3, -0.25) is 4.79 Å². The molecule has 1 N–H and O–H groups in total. The summed E-state index contributed by atoms with van der Waals surface area (Å²) in [6, 6.07) is 11.7. The van der Waals surface area contributed by atoms with Crippen LogP contribution in [0.15, 0.2) is 51.0 Å². The van der Waals surface area contributed by atoms with Gasteiger partial charge in [0, 0.05) is 21.0 Å². The predicted molar refractivity (Wildman–Crippen MR) is 86.0 cm³/mol. The molecule has 5 heteroatoms. The van der Waals surface area contributed by atoms with Crippen LogP contribution in [0.1, 0.15) is 5.56 Å². The molecule has 0 bridgehead atoms. The van der Waals surface area contributed by atoms with E-state index in [1.807, 2.05) is 41.8 Å². The van der Waals surface area contributed by atoms with Crippen LogP contribution in [0.5, 0.6) is 0 Å². The number of thiophene rings is 1. The normalized spacial score (nSPS) is 10.7. The molecular weight excluding hydrogens is 336 g/mol. The zero-order valence-corrected chi connectivity index (χ0v) is 13.1. The Morgan fingerprint density at radius 2 is 2.00 bits per heavy atom. The van der Waals surface area contributed by atoms with Crippen molar-refractivity contribution in [1.82, 2.24) is 9.97 Å². The van der Waals surface area contributed by atoms with Crippen LogP contribution >= 0.6 is 27.3 Å². The summed E-state index contributed by atoms with van der Waals surface area (Å²) in [5.41, 5.74) is 2.22. The summed E-state index contributed by atoms with van der Waals surface area (Å²) >= 11 is 4.96. The molecule has 0 saturated heterocycles. The number of aromatic nitrogens is 2. The Morgan fingerprint density at radius 1 is 1.25 bits per heavy atom. The molecule has 0 unspecified atom stereocenters. The van der Waals surface area contributed by atoms with Gasteiger partial charge in [-0.15, -0.1) is 11.3 Å². The third-order valence-corrected chi connectivity index (χ3v) is 4.70. The Kier molecular flexibility index (Phi) is 3.54. The van der Waals surface area contributed by atoms with Crippen molar-refractivity contribution in [3.63, 3.8) is 0 Å². The molecule has 20 heavy (non-hydrogen) atoms. The first-order valence-electron chi connectivity index (χ1n) is 6.06. The number of hydrogen-bond acceptors (Lipinski definition) is 3. The third-order valence-electron chi connectivity index (χ3n) is 3.00. The van der Waals surface area contributed by atoms with E-state index in [2.05, 4.69) is 25.9 Å². The summed E-state index contributed by atoms with van der Waals surface area (Å²) < 4.78 is 0.988. The predicted octanol–water partition coefficient (Wildman–Crippen LogP) is 4.24. The van der Waals surface area contributed by atoms with Gasteiger partial charge < -0.3 is 4.98 Å². The zero-order valence-electron chi connectivity index (χ0n) is 10.7. The van der Waals surface area contributed by atoms with Crippen molar-refractivity contribution in [2.75, 3.05) is 0 Å². The molecule has 0 saturated carbocycles. The van der Waals surface area contributed by atoms with E-state index in [0.29, 0.717) is 11.4 Å². The van der Waals surface area contributed by atoms with Crippen LogP contribution in [-0.2, 0) is 0 Å².